The summed E-state index contributed by atoms with van der Waals surface area (Å²) >= 11 is 1.28. The minimum Gasteiger partial charge on any atom is -0.380 e. The highest BCUT2D eigenvalue weighted by atomic mass is 32.1. The van der Waals surface area contributed by atoms with E-state index in [0.717, 1.165) is 24.2 Å². The topological polar surface area (TPSA) is 135 Å². The minimum atomic E-state index is -1.89. The third kappa shape index (κ3) is 4.92. The zero-order valence-corrected chi connectivity index (χ0v) is 20.0. The van der Waals surface area contributed by atoms with Crippen LogP contribution in [-0.2, 0) is 9.59 Å². The first kappa shape index (κ1) is 24.1. The number of benzene rings is 1. The fourth-order valence-electron chi connectivity index (χ4n) is 4.32. The van der Waals surface area contributed by atoms with Crippen molar-refractivity contribution < 1.29 is 19.8 Å². The van der Waals surface area contributed by atoms with Gasteiger partial charge in [0.05, 0.1) is 23.5 Å². The van der Waals surface area contributed by atoms with Crippen molar-refractivity contribution in [2.45, 2.75) is 44.1 Å². The van der Waals surface area contributed by atoms with E-state index in [9.17, 15) is 19.8 Å². The van der Waals surface area contributed by atoms with Crippen molar-refractivity contribution in [1.82, 2.24) is 20.2 Å². The van der Waals surface area contributed by atoms with Gasteiger partial charge in [-0.2, -0.15) is 0 Å². The average molecular weight is 487 g/mol. The van der Waals surface area contributed by atoms with Crippen LogP contribution in [-0.4, -0.2) is 69.3 Å². The molecule has 0 saturated carbocycles. The summed E-state index contributed by atoms with van der Waals surface area (Å²) < 4.78 is 0. The van der Waals surface area contributed by atoms with E-state index in [0.29, 0.717) is 23.8 Å². The fraction of sp³-hybridized carbons (Fsp3) is 0.435. The highest BCUT2D eigenvalue weighted by molar-refractivity contribution is 7.13. The molecule has 0 aliphatic carbocycles. The Kier molecular flexibility index (Phi) is 7.17. The SMILES string of the molecule is C[C@@H](NC(=O)[C@H](O)[C@@H](O)C(=O)N1CCC[C@@H]1c1csc(N)n1)c1ccc(N2C=CCN2C)cc1. The number of hydrogen-bond donors (Lipinski definition) is 4. The number of hydrazine groups is 1. The minimum absolute atomic E-state index is 0.326. The summed E-state index contributed by atoms with van der Waals surface area (Å²) in [5.41, 5.74) is 8.19. The van der Waals surface area contributed by atoms with Crippen molar-refractivity contribution >= 4 is 34.0 Å². The normalized spacial score (nSPS) is 21.0. The molecular weight excluding hydrogens is 456 g/mol. The van der Waals surface area contributed by atoms with Gasteiger partial charge in [0.2, 0.25) is 0 Å². The average Bonchev–Trinajstić information content (AvgIpc) is 3.58. The Morgan fingerprint density at radius 2 is 1.97 bits per heavy atom. The number of aliphatic hydroxyl groups excluding tert-OH is 2. The van der Waals surface area contributed by atoms with Crippen molar-refractivity contribution in [2.75, 3.05) is 30.9 Å². The molecule has 1 fully saturated rings. The molecule has 2 aromatic rings. The number of carbonyl (C=O) groups excluding carboxylic acids is 2. The zero-order chi connectivity index (χ0) is 24.4. The summed E-state index contributed by atoms with van der Waals surface area (Å²) in [5.74, 6) is -1.51. The number of likely N-dealkylation sites (N-methyl/N-ethyl adjacent to an activating group) is 1. The Bertz CT molecular complexity index is 1060. The number of likely N-dealkylation sites (tertiary alicyclic amines) is 1. The largest absolute Gasteiger partial charge is 0.380 e. The van der Waals surface area contributed by atoms with E-state index in [-0.39, 0.29) is 6.04 Å². The molecule has 4 atom stereocenters. The molecule has 0 spiro atoms. The first-order valence-electron chi connectivity index (χ1n) is 11.2. The van der Waals surface area contributed by atoms with Gasteiger partial charge in [-0.15, -0.1) is 11.3 Å². The van der Waals surface area contributed by atoms with Crippen LogP contribution in [0.1, 0.15) is 43.1 Å². The van der Waals surface area contributed by atoms with Gasteiger partial charge in [0.15, 0.2) is 17.3 Å². The number of nitrogens with zero attached hydrogens (tertiary/aromatic N) is 4. The van der Waals surface area contributed by atoms with Crippen LogP contribution in [0.5, 0.6) is 0 Å². The number of amides is 2. The number of nitrogens with one attached hydrogen (secondary N) is 1. The molecule has 34 heavy (non-hydrogen) atoms. The maximum absolute atomic E-state index is 12.9. The number of hydrogen-bond acceptors (Lipinski definition) is 9. The molecule has 0 radical (unpaired) electrons. The zero-order valence-electron chi connectivity index (χ0n) is 19.2. The third-order valence-corrected chi connectivity index (χ3v) is 6.93. The Labute approximate surface area is 202 Å². The molecular formula is C23H30N6O4S. The van der Waals surface area contributed by atoms with E-state index >= 15 is 0 Å². The maximum Gasteiger partial charge on any atom is 0.255 e. The number of nitrogens with two attached hydrogens (primary N) is 1. The van der Waals surface area contributed by atoms with Crippen LogP contribution in [0.15, 0.2) is 41.9 Å². The first-order chi connectivity index (χ1) is 16.3. The second-order valence-electron chi connectivity index (χ2n) is 8.58. The van der Waals surface area contributed by atoms with E-state index in [1.165, 1.54) is 16.2 Å². The third-order valence-electron chi connectivity index (χ3n) is 6.24. The number of aromatic nitrogens is 1. The highest BCUT2D eigenvalue weighted by Crippen LogP contribution is 2.33. The van der Waals surface area contributed by atoms with Crippen LogP contribution in [0.4, 0.5) is 10.8 Å². The van der Waals surface area contributed by atoms with Gasteiger partial charge in [0, 0.05) is 31.7 Å². The summed E-state index contributed by atoms with van der Waals surface area (Å²) in [7, 11) is 1.99. The van der Waals surface area contributed by atoms with Crippen molar-refractivity contribution in [3.05, 3.63) is 53.2 Å². The molecule has 2 aliphatic heterocycles. The molecule has 1 saturated heterocycles. The van der Waals surface area contributed by atoms with Crippen LogP contribution >= 0.6 is 11.3 Å². The second kappa shape index (κ2) is 10.1. The van der Waals surface area contributed by atoms with Crippen LogP contribution in [0.3, 0.4) is 0 Å². The lowest BCUT2D eigenvalue weighted by atomic mass is 10.1. The molecule has 0 unspecified atom stereocenters. The van der Waals surface area contributed by atoms with Gasteiger partial charge in [0.1, 0.15) is 0 Å². The van der Waals surface area contributed by atoms with Gasteiger partial charge >= 0.3 is 0 Å². The number of rotatable bonds is 7. The van der Waals surface area contributed by atoms with Gasteiger partial charge < -0.3 is 26.2 Å². The Balaban J connectivity index is 1.36. The summed E-state index contributed by atoms with van der Waals surface area (Å²) in [6, 6.07) is 6.91. The van der Waals surface area contributed by atoms with E-state index in [2.05, 4.69) is 21.4 Å². The molecule has 5 N–H and O–H groups in total. The Morgan fingerprint density at radius 1 is 1.24 bits per heavy atom. The predicted molar refractivity (Wildman–Crippen MR) is 129 cm³/mol. The maximum atomic E-state index is 12.9. The number of aliphatic hydroxyl groups is 2. The molecule has 3 heterocycles. The lowest BCUT2D eigenvalue weighted by molar-refractivity contribution is -0.154. The monoisotopic (exact) mass is 486 g/mol. The Morgan fingerprint density at radius 3 is 2.59 bits per heavy atom. The molecule has 2 aliphatic rings. The summed E-state index contributed by atoms with van der Waals surface area (Å²) in [5, 5.41) is 29.9. The molecule has 10 nitrogen and oxygen atoms in total. The van der Waals surface area contributed by atoms with Gasteiger partial charge in [-0.3, -0.25) is 14.6 Å². The van der Waals surface area contributed by atoms with Crippen LogP contribution in [0, 0.1) is 0 Å². The van der Waals surface area contributed by atoms with E-state index in [4.69, 9.17) is 5.73 Å². The second-order valence-corrected chi connectivity index (χ2v) is 9.47. The van der Waals surface area contributed by atoms with Crippen LogP contribution in [0.2, 0.25) is 0 Å². The predicted octanol–water partition coefficient (Wildman–Crippen LogP) is 1.17. The molecule has 182 valence electrons. The van der Waals surface area contributed by atoms with E-state index in [1.54, 1.807) is 12.3 Å². The first-order valence-corrected chi connectivity index (χ1v) is 12.1. The van der Waals surface area contributed by atoms with Crippen molar-refractivity contribution in [3.8, 4) is 0 Å². The van der Waals surface area contributed by atoms with Gasteiger partial charge in [-0.25, -0.2) is 9.99 Å². The van der Waals surface area contributed by atoms with Crippen molar-refractivity contribution in [2.24, 2.45) is 0 Å². The molecule has 2 amide bonds. The molecule has 11 heteroatoms. The standard InChI is InChI=1S/C23H30N6O4S/c1-14(15-6-8-16(9-7-15)29-12-4-10-27(29)2)25-21(32)19(30)20(31)22(33)28-11-3-5-18(28)17-13-34-23(24)26-17/h4,6-9,12-14,18-20,30-31H,3,5,10-11H2,1-2H3,(H2,24,26)(H,25,32)/t14-,18-,19-,20-/m1/s1. The molecule has 1 aromatic heterocycles. The van der Waals surface area contributed by atoms with Gasteiger partial charge in [0.25, 0.3) is 11.8 Å². The number of anilines is 2. The number of nitrogen functional groups attached to an aromatic ring is 1. The van der Waals surface area contributed by atoms with Crippen molar-refractivity contribution in [3.63, 3.8) is 0 Å². The highest BCUT2D eigenvalue weighted by Gasteiger charge is 2.39. The smallest absolute Gasteiger partial charge is 0.255 e. The number of carbonyl (C=O) groups is 2. The van der Waals surface area contributed by atoms with Crippen molar-refractivity contribution in [1.29, 1.82) is 0 Å². The van der Waals surface area contributed by atoms with E-state index < -0.39 is 30.1 Å². The summed E-state index contributed by atoms with van der Waals surface area (Å²) in [6.45, 7) is 3.03. The van der Waals surface area contributed by atoms with Crippen LogP contribution in [0.25, 0.3) is 0 Å². The quantitative estimate of drug-likeness (QED) is 0.458. The Hall–Kier alpha value is -2.99. The lowest BCUT2D eigenvalue weighted by Gasteiger charge is -2.28. The molecule has 4 rings (SSSR count). The summed E-state index contributed by atoms with van der Waals surface area (Å²) in [6.07, 6.45) is 1.70. The molecule has 0 bridgehead atoms. The van der Waals surface area contributed by atoms with E-state index in [1.807, 2.05) is 42.5 Å². The van der Waals surface area contributed by atoms with Gasteiger partial charge in [-0.1, -0.05) is 18.2 Å². The number of thiazole rings is 1. The fourth-order valence-corrected chi connectivity index (χ4v) is 4.93. The van der Waals surface area contributed by atoms with Crippen LogP contribution < -0.4 is 16.1 Å². The molecule has 1 aromatic carbocycles. The lowest BCUT2D eigenvalue weighted by Crippen LogP contribution is -2.51. The summed E-state index contributed by atoms with van der Waals surface area (Å²) in [4.78, 5) is 31.2. The van der Waals surface area contributed by atoms with Gasteiger partial charge in [-0.05, 0) is 37.5 Å².